The first-order valence-electron chi connectivity index (χ1n) is 11.7. The summed E-state index contributed by atoms with van der Waals surface area (Å²) >= 11 is 0. The smallest absolute Gasteiger partial charge is 0.331 e. The lowest BCUT2D eigenvalue weighted by atomic mass is 9.80. The minimum atomic E-state index is -0.174. The van der Waals surface area contributed by atoms with Crippen molar-refractivity contribution in [2.75, 3.05) is 18.5 Å². The van der Waals surface area contributed by atoms with Crippen molar-refractivity contribution in [2.24, 2.45) is 5.92 Å². The Morgan fingerprint density at radius 2 is 1.97 bits per heavy atom. The Balaban J connectivity index is 1.47. The number of hydrogen-bond acceptors (Lipinski definition) is 5. The molecule has 0 fully saturated rings. The zero-order chi connectivity index (χ0) is 23.2. The number of benzene rings is 2. The third-order valence-corrected chi connectivity index (χ3v) is 6.79. The Hall–Kier alpha value is -3.94. The molecule has 2 aliphatic rings. The summed E-state index contributed by atoms with van der Waals surface area (Å²) in [5.74, 6) is 2.62. The molecule has 6 rings (SSSR count). The third kappa shape index (κ3) is 3.55. The molecule has 174 valence electrons. The van der Waals surface area contributed by atoms with Crippen molar-refractivity contribution >= 4 is 22.5 Å². The Morgan fingerprint density at radius 3 is 2.82 bits per heavy atom. The summed E-state index contributed by atoms with van der Waals surface area (Å²) in [5, 5.41) is 3.46. The van der Waals surface area contributed by atoms with Crippen LogP contribution in [-0.2, 0) is 0 Å². The van der Waals surface area contributed by atoms with Gasteiger partial charge in [0, 0.05) is 17.7 Å². The van der Waals surface area contributed by atoms with E-state index in [-0.39, 0.29) is 11.6 Å². The van der Waals surface area contributed by atoms with Gasteiger partial charge in [-0.3, -0.25) is 9.55 Å². The molecule has 2 aromatic heterocycles. The molecular weight excluding hydrogens is 430 g/mol. The molecule has 1 aliphatic heterocycles. The molecule has 0 radical (unpaired) electrons. The summed E-state index contributed by atoms with van der Waals surface area (Å²) in [4.78, 5) is 23.9. The molecule has 8 nitrogen and oxygen atoms in total. The van der Waals surface area contributed by atoms with Crippen LogP contribution in [0.15, 0.2) is 59.2 Å². The highest BCUT2D eigenvalue weighted by molar-refractivity contribution is 5.77. The molecule has 0 bridgehead atoms. The van der Waals surface area contributed by atoms with E-state index < -0.39 is 0 Å². The molecule has 34 heavy (non-hydrogen) atoms. The number of ether oxygens (including phenoxy) is 2. The van der Waals surface area contributed by atoms with E-state index in [0.717, 1.165) is 46.7 Å². The van der Waals surface area contributed by atoms with Gasteiger partial charge in [-0.2, -0.15) is 0 Å². The molecule has 0 saturated heterocycles. The normalized spacial score (nSPS) is 19.8. The number of imidazole rings is 2. The van der Waals surface area contributed by atoms with Gasteiger partial charge in [-0.05, 0) is 56.0 Å². The monoisotopic (exact) mass is 457 g/mol. The lowest BCUT2D eigenvalue weighted by Gasteiger charge is -2.29. The standard InChI is InChI=1S/C26H27N5O3/c1-15-3-6-19(16(2)11-15)24-25(29-17-4-8-22-23(12-17)34-10-9-33-22)30-26(32)31(24)18-5-7-20-21(13-18)28-14-27-20/h4-5,7-8,11-14,16,19,29H,3,6,9-10H2,1-2H3,(H,27,28)(H,30,32). The fourth-order valence-corrected chi connectivity index (χ4v) is 5.16. The fraction of sp³-hybridized carbons (Fsp3) is 0.308. The number of aromatic nitrogens is 4. The number of aromatic amines is 2. The lowest BCUT2D eigenvalue weighted by molar-refractivity contribution is 0.171. The van der Waals surface area contributed by atoms with E-state index in [1.807, 2.05) is 36.4 Å². The number of fused-ring (bicyclic) bond motifs is 2. The Kier molecular flexibility index (Phi) is 4.94. The fourth-order valence-electron chi connectivity index (χ4n) is 5.16. The third-order valence-electron chi connectivity index (χ3n) is 6.79. The van der Waals surface area contributed by atoms with Gasteiger partial charge in [-0.1, -0.05) is 18.6 Å². The van der Waals surface area contributed by atoms with Gasteiger partial charge in [0.15, 0.2) is 11.5 Å². The van der Waals surface area contributed by atoms with Crippen molar-refractivity contribution < 1.29 is 9.47 Å². The summed E-state index contributed by atoms with van der Waals surface area (Å²) < 4.78 is 13.2. The van der Waals surface area contributed by atoms with Crippen LogP contribution >= 0.6 is 0 Å². The highest BCUT2D eigenvalue weighted by Gasteiger charge is 2.30. The van der Waals surface area contributed by atoms with Crippen LogP contribution < -0.4 is 20.5 Å². The molecular formula is C26H27N5O3. The predicted molar refractivity (Wildman–Crippen MR) is 132 cm³/mol. The van der Waals surface area contributed by atoms with Crippen LogP contribution in [-0.4, -0.2) is 32.7 Å². The van der Waals surface area contributed by atoms with Gasteiger partial charge in [0.2, 0.25) is 0 Å². The lowest BCUT2D eigenvalue weighted by Crippen LogP contribution is -2.22. The Labute approximate surface area is 196 Å². The second-order valence-electron chi connectivity index (χ2n) is 9.13. The average Bonchev–Trinajstić information content (AvgIpc) is 3.42. The van der Waals surface area contributed by atoms with Gasteiger partial charge in [0.1, 0.15) is 19.0 Å². The molecule has 0 saturated carbocycles. The number of hydrogen-bond donors (Lipinski definition) is 3. The van der Waals surface area contributed by atoms with Gasteiger partial charge in [-0.25, -0.2) is 9.78 Å². The van der Waals surface area contributed by atoms with Gasteiger partial charge >= 0.3 is 5.69 Å². The first-order valence-corrected chi connectivity index (χ1v) is 11.7. The number of nitrogens with zero attached hydrogens (tertiary/aromatic N) is 2. The number of allylic oxidation sites excluding steroid dienone is 2. The van der Waals surface area contributed by atoms with Gasteiger partial charge in [0.25, 0.3) is 0 Å². The Bertz CT molecular complexity index is 1460. The zero-order valence-electron chi connectivity index (χ0n) is 19.2. The second-order valence-corrected chi connectivity index (χ2v) is 9.13. The number of H-pyrrole nitrogens is 2. The van der Waals surface area contributed by atoms with Gasteiger partial charge in [0.05, 0.1) is 28.7 Å². The van der Waals surface area contributed by atoms with Crippen molar-refractivity contribution in [3.05, 3.63) is 70.6 Å². The van der Waals surface area contributed by atoms with E-state index >= 15 is 0 Å². The topological polar surface area (TPSA) is 97.0 Å². The average molecular weight is 458 g/mol. The van der Waals surface area contributed by atoms with Crippen molar-refractivity contribution in [3.8, 4) is 17.2 Å². The van der Waals surface area contributed by atoms with Crippen molar-refractivity contribution in [2.45, 2.75) is 32.6 Å². The molecule has 8 heteroatoms. The van der Waals surface area contributed by atoms with Crippen LogP contribution in [0.5, 0.6) is 11.5 Å². The molecule has 2 unspecified atom stereocenters. The van der Waals surface area contributed by atoms with Crippen LogP contribution in [0.4, 0.5) is 11.5 Å². The quantitative estimate of drug-likeness (QED) is 0.374. The number of nitrogens with one attached hydrogen (secondary N) is 3. The molecule has 3 heterocycles. The molecule has 2 aromatic carbocycles. The van der Waals surface area contributed by atoms with E-state index in [1.165, 1.54) is 5.57 Å². The van der Waals surface area contributed by atoms with Crippen molar-refractivity contribution in [3.63, 3.8) is 0 Å². The van der Waals surface area contributed by atoms with Crippen LogP contribution in [0.3, 0.4) is 0 Å². The SMILES string of the molecule is CC1=CC(C)C(c2c(Nc3ccc4c(c3)OCCO4)[nH]c(=O)n2-c2ccc3nc[nH]c3c2)CC1. The summed E-state index contributed by atoms with van der Waals surface area (Å²) in [6.45, 7) is 5.47. The molecule has 1 aliphatic carbocycles. The minimum Gasteiger partial charge on any atom is -0.486 e. The minimum absolute atomic E-state index is 0.174. The molecule has 4 aromatic rings. The molecule has 0 spiro atoms. The van der Waals surface area contributed by atoms with Crippen molar-refractivity contribution in [1.29, 1.82) is 0 Å². The first-order chi connectivity index (χ1) is 16.6. The van der Waals surface area contributed by atoms with Crippen LogP contribution in [0, 0.1) is 5.92 Å². The van der Waals surface area contributed by atoms with Crippen LogP contribution in [0.1, 0.15) is 38.3 Å². The largest absolute Gasteiger partial charge is 0.486 e. The van der Waals surface area contributed by atoms with E-state index in [4.69, 9.17) is 9.47 Å². The summed E-state index contributed by atoms with van der Waals surface area (Å²) in [6.07, 6.45) is 5.98. The molecule has 0 amide bonds. The highest BCUT2D eigenvalue weighted by atomic mass is 16.6. The van der Waals surface area contributed by atoms with E-state index in [1.54, 1.807) is 10.9 Å². The van der Waals surface area contributed by atoms with E-state index in [9.17, 15) is 4.79 Å². The second kappa shape index (κ2) is 8.13. The number of rotatable bonds is 4. The van der Waals surface area contributed by atoms with Crippen LogP contribution in [0.2, 0.25) is 0 Å². The zero-order valence-corrected chi connectivity index (χ0v) is 19.2. The molecule has 3 N–H and O–H groups in total. The maximum Gasteiger partial charge on any atom is 0.331 e. The van der Waals surface area contributed by atoms with E-state index in [2.05, 4.69) is 40.2 Å². The predicted octanol–water partition coefficient (Wildman–Crippen LogP) is 5.02. The van der Waals surface area contributed by atoms with Gasteiger partial charge < -0.3 is 19.8 Å². The molecule has 2 atom stereocenters. The first kappa shape index (κ1) is 20.7. The van der Waals surface area contributed by atoms with Crippen LogP contribution in [0.25, 0.3) is 16.7 Å². The summed E-state index contributed by atoms with van der Waals surface area (Å²) in [5.41, 5.74) is 5.58. The van der Waals surface area contributed by atoms with Crippen molar-refractivity contribution in [1.82, 2.24) is 19.5 Å². The highest BCUT2D eigenvalue weighted by Crippen LogP contribution is 2.41. The maximum atomic E-state index is 13.4. The van der Waals surface area contributed by atoms with Gasteiger partial charge in [-0.15, -0.1) is 0 Å². The number of anilines is 2. The Morgan fingerprint density at radius 1 is 1.12 bits per heavy atom. The summed E-state index contributed by atoms with van der Waals surface area (Å²) in [7, 11) is 0. The van der Waals surface area contributed by atoms with E-state index in [0.29, 0.717) is 30.7 Å². The summed E-state index contributed by atoms with van der Waals surface area (Å²) in [6, 6.07) is 11.6. The maximum absolute atomic E-state index is 13.4.